The quantitative estimate of drug-likeness (QED) is 0.102. The summed E-state index contributed by atoms with van der Waals surface area (Å²) in [5.74, 6) is -1.16. The van der Waals surface area contributed by atoms with Crippen molar-refractivity contribution < 1.29 is 57.6 Å². The second kappa shape index (κ2) is 31.7. The minimum atomic E-state index is -1.05. The minimum Gasteiger partial charge on any atom is -0.479 e. The van der Waals surface area contributed by atoms with Crippen LogP contribution in [0.3, 0.4) is 0 Å². The molecule has 3 aromatic heterocycles. The zero-order valence-corrected chi connectivity index (χ0v) is 63.6. The van der Waals surface area contributed by atoms with E-state index in [4.69, 9.17) is 23.7 Å². The van der Waals surface area contributed by atoms with E-state index in [0.29, 0.717) is 38.0 Å². The zero-order chi connectivity index (χ0) is 68.6. The Bertz CT molecular complexity index is 3240. The van der Waals surface area contributed by atoms with Crippen LogP contribution in [0, 0.1) is 39.9 Å². The average Bonchev–Trinajstić information content (AvgIpc) is 1.60. The molecule has 92 heavy (non-hydrogen) atoms. The standard InChI is InChI=1S/C25H37NO4S.C23H33NO4S.C21H31IO3S.C4H7NO/c1-8-29-23(28)21(30-24(3,4)5)19-16(2)31-22(26-15-9-10-18(26)27)20(19)17-11-13-25(6,7)14-12-17;1-14-17(19(21(26)27)28-22(2,3)4)18(15-9-11-23(5,6)12-10-15)20(29-14)24-13-7-8-16(24)25;1-8-24-19(23)17(25-20(3,4)5)15-13(2)26-18(22)16(15)14-9-11-21(6,7)12-10-14;6-4-2-1-3-5-4/h11,21H,8-10,12-15H2,1-7H3;9,19H,7-8,10-13H2,1-6H3,(H,26,27);9,17H,8,10-12H2,1-7H3;1-3H2,(H,5,6). The van der Waals surface area contributed by atoms with Crippen LogP contribution in [0.1, 0.15) is 280 Å². The third-order valence-corrected chi connectivity index (χ3v) is 21.6. The van der Waals surface area contributed by atoms with Gasteiger partial charge in [-0.2, -0.15) is 0 Å². The molecule has 15 nitrogen and oxygen atoms in total. The number of esters is 2. The molecular formula is C73H108IN3O12S3. The van der Waals surface area contributed by atoms with Crippen molar-refractivity contribution in [2.75, 3.05) is 42.6 Å². The number of nitrogens with one attached hydrogen (secondary N) is 1. The molecule has 3 fully saturated rings. The third kappa shape index (κ3) is 20.9. The van der Waals surface area contributed by atoms with E-state index >= 15 is 0 Å². The maximum atomic E-state index is 13.1. The highest BCUT2D eigenvalue weighted by Gasteiger charge is 2.42. The number of halogens is 1. The van der Waals surface area contributed by atoms with Crippen molar-refractivity contribution in [3.05, 3.63) is 69.1 Å². The van der Waals surface area contributed by atoms with Gasteiger partial charge in [0.25, 0.3) is 0 Å². The lowest BCUT2D eigenvalue weighted by molar-refractivity contribution is -0.167. The van der Waals surface area contributed by atoms with Gasteiger partial charge >= 0.3 is 17.9 Å². The molecule has 2 N–H and O–H groups in total. The Morgan fingerprint density at radius 1 is 0.543 bits per heavy atom. The lowest BCUT2D eigenvalue weighted by Gasteiger charge is -2.31. The maximum absolute atomic E-state index is 13.1. The topological polar surface area (TPSA) is 187 Å². The highest BCUT2D eigenvalue weighted by atomic mass is 127. The second-order valence-corrected chi connectivity index (χ2v) is 35.9. The highest BCUT2D eigenvalue weighted by molar-refractivity contribution is 14.1. The summed E-state index contributed by atoms with van der Waals surface area (Å²) >= 11 is 7.27. The first-order valence-corrected chi connectivity index (χ1v) is 36.8. The lowest BCUT2D eigenvalue weighted by atomic mass is 9.76. The summed E-state index contributed by atoms with van der Waals surface area (Å²) in [6, 6.07) is 0. The molecule has 512 valence electrons. The lowest BCUT2D eigenvalue weighted by Crippen LogP contribution is -2.30. The van der Waals surface area contributed by atoms with Gasteiger partial charge in [-0.1, -0.05) is 59.8 Å². The van der Waals surface area contributed by atoms with E-state index in [9.17, 15) is 33.9 Å². The monoisotopic (exact) mass is 1440 g/mol. The van der Waals surface area contributed by atoms with Crippen LogP contribution in [0.25, 0.3) is 16.7 Å². The number of aryl methyl sites for hydroxylation is 3. The fourth-order valence-electron chi connectivity index (χ4n) is 12.2. The molecule has 0 aromatic carbocycles. The van der Waals surface area contributed by atoms with Gasteiger partial charge in [0, 0.05) is 86.9 Å². The second-order valence-electron chi connectivity index (χ2n) is 30.4. The number of carbonyl (C=O) groups is 6. The number of aliphatic carboxylic acids is 1. The molecule has 0 radical (unpaired) electrons. The molecule has 3 saturated heterocycles. The predicted octanol–water partition coefficient (Wildman–Crippen LogP) is 18.5. The largest absolute Gasteiger partial charge is 0.479 e. The first kappa shape index (κ1) is 76.8. The van der Waals surface area contributed by atoms with Crippen LogP contribution in [0.2, 0.25) is 0 Å². The van der Waals surface area contributed by atoms with Crippen molar-refractivity contribution in [3.8, 4) is 0 Å². The number of thiophene rings is 3. The summed E-state index contributed by atoms with van der Waals surface area (Å²) < 4.78 is 30.5. The molecule has 6 aliphatic rings. The Hall–Kier alpha value is -4.25. The smallest absolute Gasteiger partial charge is 0.340 e. The van der Waals surface area contributed by atoms with E-state index in [1.54, 1.807) is 22.7 Å². The molecule has 0 spiro atoms. The Balaban J connectivity index is 0.000000210. The summed E-state index contributed by atoms with van der Waals surface area (Å²) in [7, 11) is 0. The Morgan fingerprint density at radius 2 is 0.891 bits per heavy atom. The fraction of sp³-hybridized carbons (Fsp3) is 0.671. The first-order valence-electron chi connectivity index (χ1n) is 33.3. The van der Waals surface area contributed by atoms with Crippen LogP contribution in [0.15, 0.2) is 18.2 Å². The highest BCUT2D eigenvalue weighted by Crippen LogP contribution is 2.53. The van der Waals surface area contributed by atoms with Crippen molar-refractivity contribution in [3.63, 3.8) is 0 Å². The molecule has 9 rings (SSSR count). The normalized spacial score (nSPS) is 19.8. The van der Waals surface area contributed by atoms with Gasteiger partial charge in [-0.25, -0.2) is 14.4 Å². The van der Waals surface area contributed by atoms with Crippen molar-refractivity contribution in [2.45, 2.75) is 270 Å². The molecule has 3 unspecified atom stereocenters. The van der Waals surface area contributed by atoms with Gasteiger partial charge in [-0.05, 0) is 230 Å². The number of carbonyl (C=O) groups excluding carboxylic acids is 5. The van der Waals surface area contributed by atoms with Gasteiger partial charge < -0.3 is 43.9 Å². The molecule has 6 heterocycles. The number of ether oxygens (including phenoxy) is 5. The summed E-state index contributed by atoms with van der Waals surface area (Å²) in [4.78, 5) is 80.2. The number of hydrogen-bond donors (Lipinski definition) is 2. The summed E-state index contributed by atoms with van der Waals surface area (Å²) in [5.41, 5.74) is 8.78. The van der Waals surface area contributed by atoms with Crippen LogP contribution < -0.4 is 15.1 Å². The zero-order valence-electron chi connectivity index (χ0n) is 59.0. The summed E-state index contributed by atoms with van der Waals surface area (Å²) in [5, 5.41) is 14.6. The third-order valence-electron chi connectivity index (χ3n) is 17.2. The maximum Gasteiger partial charge on any atom is 0.340 e. The number of allylic oxidation sites excluding steroid dienone is 6. The van der Waals surface area contributed by atoms with Gasteiger partial charge in [-0.3, -0.25) is 14.4 Å². The Morgan fingerprint density at radius 3 is 1.17 bits per heavy atom. The van der Waals surface area contributed by atoms with Crippen molar-refractivity contribution >= 4 is 119 Å². The molecule has 19 heteroatoms. The number of amides is 3. The van der Waals surface area contributed by atoms with Gasteiger partial charge in [-0.15, -0.1) is 34.0 Å². The van der Waals surface area contributed by atoms with Gasteiger partial charge in [0.2, 0.25) is 17.7 Å². The number of hydrogen-bond acceptors (Lipinski definition) is 14. The van der Waals surface area contributed by atoms with E-state index < -0.39 is 41.1 Å². The van der Waals surface area contributed by atoms with Crippen molar-refractivity contribution in [1.29, 1.82) is 0 Å². The summed E-state index contributed by atoms with van der Waals surface area (Å²) in [6.45, 7) is 43.8. The van der Waals surface area contributed by atoms with Crippen LogP contribution in [0.4, 0.5) is 10.0 Å². The van der Waals surface area contributed by atoms with Crippen LogP contribution in [0.5, 0.6) is 0 Å². The SMILES string of the molecule is CCOC(=O)C(OC(C)(C)C)c1c(C)sc(I)c1C1=CCC(C)(C)CC1.CCOC(=O)C(OC(C)(C)C)c1c(C)sc(N2CCCC2=O)c1C1=CCC(C)(C)CC1.Cc1sc(N2CCCC2=O)c(C2=CCC(C)(C)CC2)c1C(OC(C)(C)C)C(=O)O.O=C1CCCN1. The summed E-state index contributed by atoms with van der Waals surface area (Å²) in [6.07, 6.45) is 18.1. The van der Waals surface area contributed by atoms with E-state index in [1.807, 2.05) is 99.8 Å². The number of anilines is 2. The molecular weight excluding hydrogens is 1330 g/mol. The molecule has 3 aromatic rings. The molecule has 3 atom stereocenters. The van der Waals surface area contributed by atoms with E-state index in [2.05, 4.69) is 94.6 Å². The average molecular weight is 1440 g/mol. The first-order chi connectivity index (χ1) is 42.7. The fourth-order valence-corrected chi connectivity index (χ4v) is 17.3. The van der Waals surface area contributed by atoms with Gasteiger partial charge in [0.15, 0.2) is 18.3 Å². The van der Waals surface area contributed by atoms with E-state index in [0.717, 1.165) is 155 Å². The minimum absolute atomic E-state index is 0.124. The van der Waals surface area contributed by atoms with E-state index in [1.165, 1.54) is 30.9 Å². The van der Waals surface area contributed by atoms with Crippen molar-refractivity contribution in [2.24, 2.45) is 16.2 Å². The van der Waals surface area contributed by atoms with Crippen LogP contribution >= 0.6 is 56.6 Å². The molecule has 3 aliphatic heterocycles. The van der Waals surface area contributed by atoms with Gasteiger partial charge in [0.1, 0.15) is 10.0 Å². The van der Waals surface area contributed by atoms with Crippen LogP contribution in [-0.2, 0) is 52.5 Å². The molecule has 0 bridgehead atoms. The number of carboxylic acids is 1. The number of carboxylic acid groups (broad SMARTS) is 1. The molecule has 3 amide bonds. The van der Waals surface area contributed by atoms with Crippen molar-refractivity contribution in [1.82, 2.24) is 5.32 Å². The Kier molecular flexibility index (Phi) is 26.5. The van der Waals surface area contributed by atoms with E-state index in [-0.39, 0.29) is 40.5 Å². The van der Waals surface area contributed by atoms with Gasteiger partial charge in [0.05, 0.1) is 32.9 Å². The van der Waals surface area contributed by atoms with Crippen LogP contribution in [-0.4, -0.2) is 90.4 Å². The number of nitrogens with zero attached hydrogens (tertiary/aromatic N) is 2. The number of rotatable bonds is 16. The molecule has 0 saturated carbocycles. The molecule has 3 aliphatic carbocycles. The Labute approximate surface area is 575 Å². The predicted molar refractivity (Wildman–Crippen MR) is 384 cm³/mol.